The van der Waals surface area contributed by atoms with Crippen LogP contribution < -0.4 is 5.32 Å². The number of hydrogen-bond acceptors (Lipinski definition) is 6. The van der Waals surface area contributed by atoms with Crippen LogP contribution in [0.4, 0.5) is 11.4 Å². The second kappa shape index (κ2) is 8.81. The average molecular weight is 468 g/mol. The maximum atomic E-state index is 12.7. The quantitative estimate of drug-likeness (QED) is 0.321. The molecule has 0 saturated heterocycles. The average Bonchev–Trinajstić information content (AvgIpc) is 3.01. The number of fused-ring (bicyclic) bond motifs is 1. The predicted molar refractivity (Wildman–Crippen MR) is 119 cm³/mol. The van der Waals surface area contributed by atoms with Crippen LogP contribution in [0.2, 0.25) is 5.02 Å². The Morgan fingerprint density at radius 3 is 2.44 bits per heavy atom. The summed E-state index contributed by atoms with van der Waals surface area (Å²) in [6, 6.07) is 18.1. The van der Waals surface area contributed by atoms with Crippen LogP contribution in [0.15, 0.2) is 76.5 Å². The zero-order valence-electron chi connectivity index (χ0n) is 16.3. The van der Waals surface area contributed by atoms with Gasteiger partial charge in [0.05, 0.1) is 16.2 Å². The van der Waals surface area contributed by atoms with Crippen molar-refractivity contribution in [2.75, 3.05) is 11.9 Å². The standard InChI is InChI=1S/C22H14ClN3O5S/c23-13-8-10-14(11-9-13)32-18-7-2-1-5-16(18)24-19(27)12-25-21(28)15-4-3-6-17(26(30)31)20(15)22(25)29/h1-11H,12H2,(H,24,27). The van der Waals surface area contributed by atoms with E-state index in [1.165, 1.54) is 23.9 Å². The molecular formula is C22H14ClN3O5S. The highest BCUT2D eigenvalue weighted by molar-refractivity contribution is 7.99. The summed E-state index contributed by atoms with van der Waals surface area (Å²) in [5.74, 6) is -2.21. The summed E-state index contributed by atoms with van der Waals surface area (Å²) in [7, 11) is 0. The van der Waals surface area contributed by atoms with Gasteiger partial charge in [-0.25, -0.2) is 0 Å². The first-order chi connectivity index (χ1) is 15.3. The van der Waals surface area contributed by atoms with E-state index >= 15 is 0 Å². The van der Waals surface area contributed by atoms with Gasteiger partial charge in [-0.15, -0.1) is 0 Å². The van der Waals surface area contributed by atoms with Crippen LogP contribution in [0.1, 0.15) is 20.7 Å². The maximum Gasteiger partial charge on any atom is 0.282 e. The molecular weight excluding hydrogens is 454 g/mol. The van der Waals surface area contributed by atoms with Crippen molar-refractivity contribution in [2.45, 2.75) is 9.79 Å². The minimum Gasteiger partial charge on any atom is -0.323 e. The van der Waals surface area contributed by atoms with Crippen LogP contribution in [0.25, 0.3) is 0 Å². The number of nitro benzene ring substituents is 1. The van der Waals surface area contributed by atoms with Gasteiger partial charge in [0.15, 0.2) is 0 Å². The summed E-state index contributed by atoms with van der Waals surface area (Å²) in [5, 5.41) is 14.5. The van der Waals surface area contributed by atoms with Gasteiger partial charge in [0.1, 0.15) is 12.1 Å². The van der Waals surface area contributed by atoms with Crippen LogP contribution >= 0.6 is 23.4 Å². The number of halogens is 1. The number of nitrogens with zero attached hydrogens (tertiary/aromatic N) is 2. The van der Waals surface area contributed by atoms with Gasteiger partial charge in [-0.2, -0.15) is 0 Å². The van der Waals surface area contributed by atoms with E-state index in [0.29, 0.717) is 15.6 Å². The van der Waals surface area contributed by atoms with Crippen molar-refractivity contribution >= 4 is 52.5 Å². The Bertz CT molecular complexity index is 1260. The SMILES string of the molecule is O=C(CN1C(=O)c2cccc([N+](=O)[O-])c2C1=O)Nc1ccccc1Sc1ccc(Cl)cc1. The second-order valence-corrected chi connectivity index (χ2v) is 8.31. The fourth-order valence-corrected chi connectivity index (χ4v) is 4.26. The van der Waals surface area contributed by atoms with Crippen LogP contribution in [-0.4, -0.2) is 34.1 Å². The van der Waals surface area contributed by atoms with Gasteiger partial charge < -0.3 is 5.32 Å². The summed E-state index contributed by atoms with van der Waals surface area (Å²) in [6.07, 6.45) is 0. The van der Waals surface area contributed by atoms with Gasteiger partial charge in [0.25, 0.3) is 17.5 Å². The van der Waals surface area contributed by atoms with Crippen molar-refractivity contribution in [3.05, 3.63) is 93.0 Å². The number of anilines is 1. The summed E-state index contributed by atoms with van der Waals surface area (Å²) in [5.41, 5.74) is -0.349. The van der Waals surface area contributed by atoms with Crippen LogP contribution in [0, 0.1) is 10.1 Å². The number of nitro groups is 1. The Labute approximate surface area is 191 Å². The molecule has 160 valence electrons. The molecule has 10 heteroatoms. The number of carbonyl (C=O) groups is 3. The summed E-state index contributed by atoms with van der Waals surface area (Å²) < 4.78 is 0. The molecule has 0 radical (unpaired) electrons. The number of hydrogen-bond donors (Lipinski definition) is 1. The van der Waals surface area contributed by atoms with Gasteiger partial charge in [-0.1, -0.05) is 41.6 Å². The molecule has 0 fully saturated rings. The number of amides is 3. The maximum absolute atomic E-state index is 12.7. The summed E-state index contributed by atoms with van der Waals surface area (Å²) in [4.78, 5) is 50.8. The van der Waals surface area contributed by atoms with Crippen molar-refractivity contribution in [3.63, 3.8) is 0 Å². The number of benzene rings is 3. The molecule has 1 heterocycles. The highest BCUT2D eigenvalue weighted by atomic mass is 35.5. The molecule has 1 aliphatic rings. The predicted octanol–water partition coefficient (Wildman–Crippen LogP) is 4.63. The molecule has 0 saturated carbocycles. The molecule has 0 unspecified atom stereocenters. The molecule has 32 heavy (non-hydrogen) atoms. The van der Waals surface area contributed by atoms with Gasteiger partial charge in [0, 0.05) is 20.9 Å². The van der Waals surface area contributed by atoms with E-state index in [1.54, 1.807) is 24.3 Å². The molecule has 0 aliphatic carbocycles. The molecule has 3 aromatic rings. The number of imide groups is 1. The lowest BCUT2D eigenvalue weighted by atomic mass is 10.1. The lowest BCUT2D eigenvalue weighted by Crippen LogP contribution is -2.37. The number of carbonyl (C=O) groups excluding carboxylic acids is 3. The van der Waals surface area contributed by atoms with E-state index in [2.05, 4.69) is 5.32 Å². The Morgan fingerprint density at radius 1 is 1.00 bits per heavy atom. The van der Waals surface area contributed by atoms with Gasteiger partial charge in [-0.3, -0.25) is 29.4 Å². The van der Waals surface area contributed by atoms with Crippen molar-refractivity contribution in [3.8, 4) is 0 Å². The number of nitrogens with one attached hydrogen (secondary N) is 1. The zero-order chi connectivity index (χ0) is 22.8. The largest absolute Gasteiger partial charge is 0.323 e. The molecule has 0 spiro atoms. The van der Waals surface area contributed by atoms with Crippen molar-refractivity contribution in [2.24, 2.45) is 0 Å². The molecule has 3 amide bonds. The van der Waals surface area contributed by atoms with Crippen molar-refractivity contribution in [1.82, 2.24) is 4.90 Å². The van der Waals surface area contributed by atoms with Crippen LogP contribution in [0.5, 0.6) is 0 Å². The second-order valence-electron chi connectivity index (χ2n) is 6.75. The Balaban J connectivity index is 1.51. The number of rotatable bonds is 6. The van der Waals surface area contributed by atoms with Crippen LogP contribution in [0.3, 0.4) is 0 Å². The van der Waals surface area contributed by atoms with E-state index in [1.807, 2.05) is 24.3 Å². The Kier molecular flexibility index (Phi) is 5.93. The lowest BCUT2D eigenvalue weighted by Gasteiger charge is -2.15. The fourth-order valence-electron chi connectivity index (χ4n) is 3.23. The minimum atomic E-state index is -0.865. The molecule has 8 nitrogen and oxygen atoms in total. The minimum absolute atomic E-state index is 0.0873. The van der Waals surface area contributed by atoms with E-state index in [-0.39, 0.29) is 11.1 Å². The molecule has 4 rings (SSSR count). The third kappa shape index (κ3) is 4.20. The first-order valence-corrected chi connectivity index (χ1v) is 10.5. The molecule has 1 N–H and O–H groups in total. The van der Waals surface area contributed by atoms with E-state index in [4.69, 9.17) is 11.6 Å². The van der Waals surface area contributed by atoms with Crippen molar-refractivity contribution < 1.29 is 19.3 Å². The lowest BCUT2D eigenvalue weighted by molar-refractivity contribution is -0.385. The Morgan fingerprint density at radius 2 is 1.72 bits per heavy atom. The highest BCUT2D eigenvalue weighted by Crippen LogP contribution is 2.34. The molecule has 3 aromatic carbocycles. The fraction of sp³-hybridized carbons (Fsp3) is 0.0455. The normalized spacial score (nSPS) is 12.6. The third-order valence-corrected chi connectivity index (χ3v) is 6.01. The number of para-hydroxylation sites is 1. The summed E-state index contributed by atoms with van der Waals surface area (Å²) >= 11 is 7.32. The van der Waals surface area contributed by atoms with E-state index in [0.717, 1.165) is 15.9 Å². The smallest absolute Gasteiger partial charge is 0.282 e. The molecule has 0 atom stereocenters. The molecule has 1 aliphatic heterocycles. The Hall–Kier alpha value is -3.69. The zero-order valence-corrected chi connectivity index (χ0v) is 17.9. The van der Waals surface area contributed by atoms with Gasteiger partial charge in [-0.05, 0) is 42.5 Å². The summed E-state index contributed by atoms with van der Waals surface area (Å²) in [6.45, 7) is -0.566. The monoisotopic (exact) mass is 467 g/mol. The molecule has 0 bridgehead atoms. The van der Waals surface area contributed by atoms with Gasteiger partial charge >= 0.3 is 0 Å². The molecule has 0 aromatic heterocycles. The first kappa shape index (κ1) is 21.5. The first-order valence-electron chi connectivity index (χ1n) is 9.31. The van der Waals surface area contributed by atoms with Crippen LogP contribution in [-0.2, 0) is 4.79 Å². The van der Waals surface area contributed by atoms with Crippen molar-refractivity contribution in [1.29, 1.82) is 0 Å². The van der Waals surface area contributed by atoms with E-state index in [9.17, 15) is 24.5 Å². The third-order valence-electron chi connectivity index (χ3n) is 4.68. The highest BCUT2D eigenvalue weighted by Gasteiger charge is 2.41. The topological polar surface area (TPSA) is 110 Å². The van der Waals surface area contributed by atoms with Gasteiger partial charge in [0.2, 0.25) is 5.91 Å². The van der Waals surface area contributed by atoms with E-state index < -0.39 is 34.9 Å².